The Morgan fingerprint density at radius 3 is 2.50 bits per heavy atom. The van der Waals surface area contributed by atoms with Crippen LogP contribution in [0.4, 0.5) is 0 Å². The minimum Gasteiger partial charge on any atom is -0.371 e. The maximum absolute atomic E-state index is 12.2. The molecule has 0 spiro atoms. The molecule has 1 aromatic carbocycles. The Balaban J connectivity index is 2.12. The van der Waals surface area contributed by atoms with E-state index in [1.54, 1.807) is 24.3 Å². The van der Waals surface area contributed by atoms with Gasteiger partial charge in [0.2, 0.25) is 10.0 Å². The quantitative estimate of drug-likeness (QED) is 0.802. The SMILES string of the molecule is CCC[C@@H](NS(=O)(=O)c1ccc(C)cc1)[C@@H]1CO1. The number of rotatable bonds is 6. The average molecular weight is 269 g/mol. The Bertz CT molecular complexity index is 491. The minimum atomic E-state index is -3.43. The van der Waals surface area contributed by atoms with Gasteiger partial charge in [0.1, 0.15) is 0 Å². The molecule has 2 rings (SSSR count). The smallest absolute Gasteiger partial charge is 0.240 e. The molecule has 1 aliphatic rings. The van der Waals surface area contributed by atoms with Crippen LogP contribution in [0.15, 0.2) is 29.2 Å². The van der Waals surface area contributed by atoms with Crippen LogP contribution in [-0.4, -0.2) is 27.2 Å². The molecule has 5 heteroatoms. The van der Waals surface area contributed by atoms with Crippen LogP contribution in [0.25, 0.3) is 0 Å². The van der Waals surface area contributed by atoms with Gasteiger partial charge in [0.15, 0.2) is 0 Å². The van der Waals surface area contributed by atoms with Crippen molar-refractivity contribution in [3.8, 4) is 0 Å². The van der Waals surface area contributed by atoms with E-state index in [4.69, 9.17) is 4.74 Å². The lowest BCUT2D eigenvalue weighted by Crippen LogP contribution is -2.38. The molecule has 1 aromatic rings. The van der Waals surface area contributed by atoms with Gasteiger partial charge in [-0.1, -0.05) is 31.0 Å². The highest BCUT2D eigenvalue weighted by Gasteiger charge is 2.35. The van der Waals surface area contributed by atoms with Gasteiger partial charge in [-0.15, -0.1) is 0 Å². The first kappa shape index (κ1) is 13.5. The van der Waals surface area contributed by atoms with Crippen molar-refractivity contribution < 1.29 is 13.2 Å². The highest BCUT2D eigenvalue weighted by Crippen LogP contribution is 2.20. The largest absolute Gasteiger partial charge is 0.371 e. The molecule has 1 heterocycles. The standard InChI is InChI=1S/C13H19NO3S/c1-3-4-12(13-9-17-13)14-18(15,16)11-7-5-10(2)6-8-11/h5-8,12-14H,3-4,9H2,1-2H3/t12-,13+/m1/s1. The molecule has 1 N–H and O–H groups in total. The van der Waals surface area contributed by atoms with Crippen LogP contribution in [0.2, 0.25) is 0 Å². The zero-order valence-corrected chi connectivity index (χ0v) is 11.5. The second-order valence-electron chi connectivity index (χ2n) is 4.70. The molecule has 1 aliphatic heterocycles. The van der Waals surface area contributed by atoms with E-state index < -0.39 is 10.0 Å². The first-order valence-electron chi connectivity index (χ1n) is 6.23. The van der Waals surface area contributed by atoms with Gasteiger partial charge >= 0.3 is 0 Å². The second-order valence-corrected chi connectivity index (χ2v) is 6.42. The van der Waals surface area contributed by atoms with Crippen LogP contribution in [0.5, 0.6) is 0 Å². The molecule has 2 atom stereocenters. The molecule has 0 amide bonds. The van der Waals surface area contributed by atoms with Crippen molar-refractivity contribution in [2.75, 3.05) is 6.61 Å². The number of epoxide rings is 1. The summed E-state index contributed by atoms with van der Waals surface area (Å²) in [6, 6.07) is 6.76. The van der Waals surface area contributed by atoms with Gasteiger partial charge in [-0.05, 0) is 25.5 Å². The normalized spacial score (nSPS) is 20.7. The van der Waals surface area contributed by atoms with E-state index in [2.05, 4.69) is 4.72 Å². The number of aryl methyl sites for hydroxylation is 1. The number of hydrogen-bond acceptors (Lipinski definition) is 3. The van der Waals surface area contributed by atoms with Crippen LogP contribution in [0.1, 0.15) is 25.3 Å². The van der Waals surface area contributed by atoms with E-state index in [0.29, 0.717) is 11.5 Å². The third-order valence-electron chi connectivity index (χ3n) is 3.05. The zero-order valence-electron chi connectivity index (χ0n) is 10.7. The minimum absolute atomic E-state index is 0.0465. The van der Waals surface area contributed by atoms with Crippen LogP contribution in [0, 0.1) is 6.92 Å². The van der Waals surface area contributed by atoms with Gasteiger partial charge in [0.05, 0.1) is 23.6 Å². The number of sulfonamides is 1. The van der Waals surface area contributed by atoms with Crippen LogP contribution in [-0.2, 0) is 14.8 Å². The maximum Gasteiger partial charge on any atom is 0.240 e. The van der Waals surface area contributed by atoms with Crippen molar-refractivity contribution in [2.45, 2.75) is 43.7 Å². The summed E-state index contributed by atoms with van der Waals surface area (Å²) in [6.07, 6.45) is 1.78. The fourth-order valence-corrected chi connectivity index (χ4v) is 3.20. The van der Waals surface area contributed by atoms with Gasteiger partial charge < -0.3 is 4.74 Å². The lowest BCUT2D eigenvalue weighted by atomic mass is 10.1. The molecule has 4 nitrogen and oxygen atoms in total. The van der Waals surface area contributed by atoms with Crippen molar-refractivity contribution >= 4 is 10.0 Å². The van der Waals surface area contributed by atoms with Crippen molar-refractivity contribution in [3.63, 3.8) is 0 Å². The van der Waals surface area contributed by atoms with Crippen molar-refractivity contribution in [1.82, 2.24) is 4.72 Å². The molecule has 100 valence electrons. The summed E-state index contributed by atoms with van der Waals surface area (Å²) in [6.45, 7) is 4.62. The van der Waals surface area contributed by atoms with Gasteiger partial charge in [0, 0.05) is 0 Å². The molecule has 0 aliphatic carbocycles. The van der Waals surface area contributed by atoms with Crippen molar-refractivity contribution in [1.29, 1.82) is 0 Å². The van der Waals surface area contributed by atoms with Crippen molar-refractivity contribution in [2.24, 2.45) is 0 Å². The average Bonchev–Trinajstić information content (AvgIpc) is 3.12. The third kappa shape index (κ3) is 3.31. The third-order valence-corrected chi connectivity index (χ3v) is 4.55. The van der Waals surface area contributed by atoms with E-state index in [1.807, 2.05) is 13.8 Å². The van der Waals surface area contributed by atoms with Crippen molar-refractivity contribution in [3.05, 3.63) is 29.8 Å². The molecule has 18 heavy (non-hydrogen) atoms. The fraction of sp³-hybridized carbons (Fsp3) is 0.538. The molecular formula is C13H19NO3S. The van der Waals surface area contributed by atoms with E-state index in [0.717, 1.165) is 18.4 Å². The summed E-state index contributed by atoms with van der Waals surface area (Å²) in [4.78, 5) is 0.315. The lowest BCUT2D eigenvalue weighted by molar-refractivity contribution is 0.349. The topological polar surface area (TPSA) is 58.7 Å². The Kier molecular flexibility index (Phi) is 4.04. The van der Waals surface area contributed by atoms with Crippen LogP contribution < -0.4 is 4.72 Å². The Hall–Kier alpha value is -0.910. The Morgan fingerprint density at radius 1 is 1.39 bits per heavy atom. The second kappa shape index (κ2) is 5.38. The van der Waals surface area contributed by atoms with Gasteiger partial charge in [-0.3, -0.25) is 0 Å². The van der Waals surface area contributed by atoms with Crippen LogP contribution >= 0.6 is 0 Å². The van der Waals surface area contributed by atoms with Gasteiger partial charge in [-0.25, -0.2) is 13.1 Å². The maximum atomic E-state index is 12.2. The predicted molar refractivity (Wildman–Crippen MR) is 69.9 cm³/mol. The molecule has 0 radical (unpaired) electrons. The van der Waals surface area contributed by atoms with E-state index in [1.165, 1.54) is 0 Å². The highest BCUT2D eigenvalue weighted by atomic mass is 32.2. The summed E-state index contributed by atoms with van der Waals surface area (Å²) >= 11 is 0. The fourth-order valence-electron chi connectivity index (χ4n) is 1.90. The summed E-state index contributed by atoms with van der Waals surface area (Å²) in [5.41, 5.74) is 1.05. The number of hydrogen-bond donors (Lipinski definition) is 1. The van der Waals surface area contributed by atoms with E-state index >= 15 is 0 Å². The molecule has 0 saturated carbocycles. The molecule has 0 bridgehead atoms. The number of benzene rings is 1. The first-order chi connectivity index (χ1) is 8.53. The van der Waals surface area contributed by atoms with Crippen LogP contribution in [0.3, 0.4) is 0 Å². The Morgan fingerprint density at radius 2 is 2.00 bits per heavy atom. The molecule has 1 saturated heterocycles. The van der Waals surface area contributed by atoms with Gasteiger partial charge in [0.25, 0.3) is 0 Å². The Labute approximate surface area is 108 Å². The monoisotopic (exact) mass is 269 g/mol. The summed E-state index contributed by atoms with van der Waals surface area (Å²) in [5.74, 6) is 0. The molecule has 0 aromatic heterocycles. The molecular weight excluding hydrogens is 250 g/mol. The van der Waals surface area contributed by atoms with E-state index in [9.17, 15) is 8.42 Å². The van der Waals surface area contributed by atoms with E-state index in [-0.39, 0.29) is 12.1 Å². The first-order valence-corrected chi connectivity index (χ1v) is 7.72. The summed E-state index contributed by atoms with van der Waals surface area (Å²) < 4.78 is 32.3. The number of nitrogens with one attached hydrogen (secondary N) is 1. The highest BCUT2D eigenvalue weighted by molar-refractivity contribution is 7.89. The molecule has 0 unspecified atom stereocenters. The van der Waals surface area contributed by atoms with Gasteiger partial charge in [-0.2, -0.15) is 0 Å². The number of ether oxygens (including phenoxy) is 1. The summed E-state index contributed by atoms with van der Waals surface area (Å²) in [5, 5.41) is 0. The summed E-state index contributed by atoms with van der Waals surface area (Å²) in [7, 11) is -3.43. The predicted octanol–water partition coefficient (Wildman–Crippen LogP) is 1.84. The molecule has 1 fully saturated rings. The zero-order chi connectivity index (χ0) is 13.2. The lowest BCUT2D eigenvalue weighted by Gasteiger charge is -2.16.